The maximum absolute atomic E-state index is 11.7. The fraction of sp³-hybridized carbons (Fsp3) is 0.870. The van der Waals surface area contributed by atoms with Crippen molar-refractivity contribution in [2.45, 2.75) is 129 Å². The Morgan fingerprint density at radius 3 is 1.85 bits per heavy atom. The van der Waals surface area contributed by atoms with E-state index in [9.17, 15) is 4.79 Å². The molecule has 3 N–H and O–H groups in total. The fourth-order valence-corrected chi connectivity index (χ4v) is 3.16. The summed E-state index contributed by atoms with van der Waals surface area (Å²) in [7, 11) is 0. The first kappa shape index (κ1) is 25.2. The molecule has 26 heavy (non-hydrogen) atoms. The van der Waals surface area contributed by atoms with E-state index in [-0.39, 0.29) is 12.1 Å². The topological polar surface area (TPSA) is 55.1 Å². The van der Waals surface area contributed by atoms with Gasteiger partial charge in [0, 0.05) is 6.42 Å². The van der Waals surface area contributed by atoms with Crippen molar-refractivity contribution in [2.24, 2.45) is 5.73 Å². The Morgan fingerprint density at radius 2 is 1.27 bits per heavy atom. The summed E-state index contributed by atoms with van der Waals surface area (Å²) in [5.74, 6) is 0.0877. The standard InChI is InChI=1S/C23H46N2O/c1-3-5-7-8-9-10-11-12-13-14-15-16-17-19-20-22(24)25-23(26)21-18-6-4-2/h17,19,22H,3-16,18,20-21,24H2,1-2H3,(H,25,26)/b19-17+/t22-/m1/s1. The van der Waals surface area contributed by atoms with Gasteiger partial charge in [0.1, 0.15) is 0 Å². The van der Waals surface area contributed by atoms with Crippen molar-refractivity contribution in [3.63, 3.8) is 0 Å². The lowest BCUT2D eigenvalue weighted by Crippen LogP contribution is -2.40. The molecule has 0 aliphatic carbocycles. The van der Waals surface area contributed by atoms with E-state index < -0.39 is 0 Å². The van der Waals surface area contributed by atoms with E-state index in [2.05, 4.69) is 31.3 Å². The number of amides is 1. The van der Waals surface area contributed by atoms with E-state index >= 15 is 0 Å². The average Bonchev–Trinajstić information content (AvgIpc) is 2.62. The molecule has 0 aliphatic rings. The second-order valence-electron chi connectivity index (χ2n) is 7.66. The summed E-state index contributed by atoms with van der Waals surface area (Å²) in [5.41, 5.74) is 5.94. The van der Waals surface area contributed by atoms with Gasteiger partial charge >= 0.3 is 0 Å². The van der Waals surface area contributed by atoms with E-state index in [1.54, 1.807) is 0 Å². The zero-order valence-corrected chi connectivity index (χ0v) is 17.7. The van der Waals surface area contributed by atoms with Crippen LogP contribution in [0.4, 0.5) is 0 Å². The van der Waals surface area contributed by atoms with Gasteiger partial charge in [-0.05, 0) is 25.7 Å². The number of rotatable bonds is 19. The summed E-state index contributed by atoms with van der Waals surface area (Å²) in [6.45, 7) is 4.42. The van der Waals surface area contributed by atoms with Crippen molar-refractivity contribution in [2.75, 3.05) is 0 Å². The lowest BCUT2D eigenvalue weighted by Gasteiger charge is -2.11. The van der Waals surface area contributed by atoms with Crippen molar-refractivity contribution in [3.8, 4) is 0 Å². The summed E-state index contributed by atoms with van der Waals surface area (Å²) in [6, 6.07) is 0. The Hall–Kier alpha value is -0.830. The largest absolute Gasteiger partial charge is 0.341 e. The van der Waals surface area contributed by atoms with Gasteiger partial charge in [-0.25, -0.2) is 0 Å². The smallest absolute Gasteiger partial charge is 0.221 e. The Labute approximate surface area is 163 Å². The van der Waals surface area contributed by atoms with Crippen LogP contribution in [0, 0.1) is 0 Å². The van der Waals surface area contributed by atoms with E-state index in [1.807, 2.05) is 0 Å². The third-order valence-electron chi connectivity index (χ3n) is 4.88. The van der Waals surface area contributed by atoms with E-state index in [0.717, 1.165) is 32.1 Å². The molecule has 0 aromatic rings. The van der Waals surface area contributed by atoms with Crippen LogP contribution < -0.4 is 11.1 Å². The summed E-state index contributed by atoms with van der Waals surface area (Å²) in [6.07, 6.45) is 25.0. The molecule has 0 aromatic carbocycles. The molecule has 3 nitrogen and oxygen atoms in total. The third kappa shape index (κ3) is 19.5. The lowest BCUT2D eigenvalue weighted by atomic mass is 10.1. The summed E-state index contributed by atoms with van der Waals surface area (Å²) in [5, 5.41) is 2.87. The fourth-order valence-electron chi connectivity index (χ4n) is 3.16. The van der Waals surface area contributed by atoms with Gasteiger partial charge in [-0.3, -0.25) is 4.79 Å². The van der Waals surface area contributed by atoms with Crippen molar-refractivity contribution in [3.05, 3.63) is 12.2 Å². The second kappa shape index (κ2) is 20.5. The predicted octanol–water partition coefficient (Wildman–Crippen LogP) is 6.62. The molecule has 0 aromatic heterocycles. The summed E-state index contributed by atoms with van der Waals surface area (Å²) >= 11 is 0. The highest BCUT2D eigenvalue weighted by atomic mass is 16.1. The second-order valence-corrected chi connectivity index (χ2v) is 7.66. The lowest BCUT2D eigenvalue weighted by molar-refractivity contribution is -0.121. The number of hydrogen-bond donors (Lipinski definition) is 2. The minimum atomic E-state index is -0.238. The zero-order valence-electron chi connectivity index (χ0n) is 17.7. The number of unbranched alkanes of at least 4 members (excludes halogenated alkanes) is 13. The third-order valence-corrected chi connectivity index (χ3v) is 4.88. The molecular weight excluding hydrogens is 320 g/mol. The van der Waals surface area contributed by atoms with Crippen LogP contribution in [0.25, 0.3) is 0 Å². The molecule has 0 rings (SSSR count). The van der Waals surface area contributed by atoms with Gasteiger partial charge in [0.2, 0.25) is 5.91 Å². The Balaban J connectivity index is 3.33. The predicted molar refractivity (Wildman–Crippen MR) is 115 cm³/mol. The number of nitrogens with two attached hydrogens (primary N) is 1. The van der Waals surface area contributed by atoms with Crippen LogP contribution in [0.2, 0.25) is 0 Å². The highest BCUT2D eigenvalue weighted by Gasteiger charge is 2.05. The molecule has 0 saturated heterocycles. The zero-order chi connectivity index (χ0) is 19.3. The van der Waals surface area contributed by atoms with Crippen molar-refractivity contribution >= 4 is 5.91 Å². The highest BCUT2D eigenvalue weighted by molar-refractivity contribution is 5.76. The monoisotopic (exact) mass is 366 g/mol. The van der Waals surface area contributed by atoms with Crippen LogP contribution >= 0.6 is 0 Å². The molecule has 0 fully saturated rings. The Morgan fingerprint density at radius 1 is 0.769 bits per heavy atom. The van der Waals surface area contributed by atoms with Gasteiger partial charge in [0.05, 0.1) is 6.17 Å². The van der Waals surface area contributed by atoms with E-state index in [4.69, 9.17) is 5.73 Å². The minimum Gasteiger partial charge on any atom is -0.341 e. The average molecular weight is 367 g/mol. The van der Waals surface area contributed by atoms with Crippen molar-refractivity contribution < 1.29 is 4.79 Å². The SMILES string of the molecule is CCCCCCCCCCCCC/C=C/C[C@H](N)NC(=O)CCCCC. The van der Waals surface area contributed by atoms with Crippen molar-refractivity contribution in [1.29, 1.82) is 0 Å². The molecule has 154 valence electrons. The number of nitrogens with one attached hydrogen (secondary N) is 1. The number of hydrogen-bond acceptors (Lipinski definition) is 2. The first-order chi connectivity index (χ1) is 12.7. The number of allylic oxidation sites excluding steroid dienone is 1. The van der Waals surface area contributed by atoms with Crippen molar-refractivity contribution in [1.82, 2.24) is 5.32 Å². The summed E-state index contributed by atoms with van der Waals surface area (Å²) in [4.78, 5) is 11.7. The molecular formula is C23H46N2O. The molecule has 0 aliphatic heterocycles. The van der Waals surface area contributed by atoms with Crippen LogP contribution in [0.1, 0.15) is 123 Å². The molecule has 3 heteroatoms. The maximum Gasteiger partial charge on any atom is 0.221 e. The first-order valence-corrected chi connectivity index (χ1v) is 11.4. The quantitative estimate of drug-likeness (QED) is 0.153. The van der Waals surface area contributed by atoms with Crippen LogP contribution in [-0.4, -0.2) is 12.1 Å². The normalized spacial score (nSPS) is 12.6. The first-order valence-electron chi connectivity index (χ1n) is 11.4. The molecule has 1 atom stereocenters. The molecule has 0 saturated carbocycles. The molecule has 0 heterocycles. The molecule has 0 bridgehead atoms. The Bertz CT molecular complexity index is 328. The molecule has 0 unspecified atom stereocenters. The molecule has 0 radical (unpaired) electrons. The number of carbonyl (C=O) groups excluding carboxylic acids is 1. The maximum atomic E-state index is 11.7. The van der Waals surface area contributed by atoms with Crippen LogP contribution in [0.5, 0.6) is 0 Å². The van der Waals surface area contributed by atoms with Gasteiger partial charge in [-0.15, -0.1) is 0 Å². The van der Waals surface area contributed by atoms with Gasteiger partial charge in [-0.2, -0.15) is 0 Å². The Kier molecular flexibility index (Phi) is 19.8. The minimum absolute atomic E-state index is 0.0877. The van der Waals surface area contributed by atoms with E-state index in [1.165, 1.54) is 70.6 Å². The summed E-state index contributed by atoms with van der Waals surface area (Å²) < 4.78 is 0. The highest BCUT2D eigenvalue weighted by Crippen LogP contribution is 2.12. The number of carbonyl (C=O) groups is 1. The van der Waals surface area contributed by atoms with Crippen LogP contribution in [0.3, 0.4) is 0 Å². The molecule has 0 spiro atoms. The van der Waals surface area contributed by atoms with Gasteiger partial charge in [-0.1, -0.05) is 103 Å². The van der Waals surface area contributed by atoms with Gasteiger partial charge in [0.15, 0.2) is 0 Å². The van der Waals surface area contributed by atoms with E-state index in [0.29, 0.717) is 6.42 Å². The van der Waals surface area contributed by atoms with Gasteiger partial charge in [0.25, 0.3) is 0 Å². The van der Waals surface area contributed by atoms with Crippen LogP contribution in [-0.2, 0) is 4.79 Å². The molecule has 1 amide bonds. The van der Waals surface area contributed by atoms with Gasteiger partial charge < -0.3 is 11.1 Å². The van der Waals surface area contributed by atoms with Crippen LogP contribution in [0.15, 0.2) is 12.2 Å².